The lowest BCUT2D eigenvalue weighted by Crippen LogP contribution is -2.35. The third-order valence-electron chi connectivity index (χ3n) is 5.13. The average Bonchev–Trinajstić information content (AvgIpc) is 2.73. The van der Waals surface area contributed by atoms with E-state index < -0.39 is 12.0 Å². The fraction of sp³-hybridized carbons (Fsp3) is 0.440. The van der Waals surface area contributed by atoms with Crippen LogP contribution in [0.15, 0.2) is 42.5 Å². The van der Waals surface area contributed by atoms with Gasteiger partial charge in [0.05, 0.1) is 20.1 Å². The second kappa shape index (κ2) is 11.4. The van der Waals surface area contributed by atoms with E-state index in [0.717, 1.165) is 35.3 Å². The lowest BCUT2D eigenvalue weighted by atomic mass is 10.0. The molecule has 0 spiro atoms. The van der Waals surface area contributed by atoms with Crippen LogP contribution in [0.3, 0.4) is 0 Å². The highest BCUT2D eigenvalue weighted by atomic mass is 16.5. The van der Waals surface area contributed by atoms with E-state index in [2.05, 4.69) is 19.2 Å². The van der Waals surface area contributed by atoms with Crippen LogP contribution in [0.4, 0.5) is 0 Å². The number of amides is 1. The molecule has 2 atom stereocenters. The summed E-state index contributed by atoms with van der Waals surface area (Å²) in [6.07, 6.45) is 2.46. The van der Waals surface area contributed by atoms with E-state index in [1.165, 1.54) is 7.11 Å². The van der Waals surface area contributed by atoms with E-state index in [-0.39, 0.29) is 12.3 Å². The molecule has 0 bridgehead atoms. The van der Waals surface area contributed by atoms with Crippen LogP contribution < -0.4 is 10.1 Å². The Morgan fingerprint density at radius 2 is 1.77 bits per heavy atom. The predicted octanol–water partition coefficient (Wildman–Crippen LogP) is 4.69. The molecule has 1 N–H and O–H groups in total. The number of ether oxygens (including phenoxy) is 2. The van der Waals surface area contributed by atoms with Crippen LogP contribution >= 0.6 is 0 Å². The number of hydrogen-bond acceptors (Lipinski definition) is 4. The van der Waals surface area contributed by atoms with Gasteiger partial charge in [0, 0.05) is 0 Å². The Bertz CT molecular complexity index is 845. The Morgan fingerprint density at radius 1 is 1.07 bits per heavy atom. The molecule has 2 aromatic rings. The number of carbonyl (C=O) groups excluding carboxylic acids is 2. The molecule has 5 nitrogen and oxygen atoms in total. The molecule has 0 saturated carbocycles. The van der Waals surface area contributed by atoms with Crippen molar-refractivity contribution in [3.05, 3.63) is 64.7 Å². The first-order chi connectivity index (χ1) is 14.3. The summed E-state index contributed by atoms with van der Waals surface area (Å²) in [5.41, 5.74) is 3.74. The van der Waals surface area contributed by atoms with E-state index in [1.54, 1.807) is 12.1 Å². The molecule has 0 aromatic heterocycles. The zero-order valence-electron chi connectivity index (χ0n) is 18.7. The normalized spacial score (nSPS) is 12.7. The molecule has 0 aliphatic heterocycles. The Hall–Kier alpha value is -2.82. The minimum atomic E-state index is -0.860. The molecule has 0 heterocycles. The highest BCUT2D eigenvalue weighted by Crippen LogP contribution is 2.21. The highest BCUT2D eigenvalue weighted by Gasteiger charge is 2.24. The first-order valence-corrected chi connectivity index (χ1v) is 10.5. The Labute approximate surface area is 179 Å². The van der Waals surface area contributed by atoms with Crippen molar-refractivity contribution in [3.63, 3.8) is 0 Å². The van der Waals surface area contributed by atoms with Gasteiger partial charge >= 0.3 is 5.97 Å². The predicted molar refractivity (Wildman–Crippen MR) is 119 cm³/mol. The van der Waals surface area contributed by atoms with Gasteiger partial charge in [-0.25, -0.2) is 4.79 Å². The van der Waals surface area contributed by atoms with Crippen molar-refractivity contribution >= 4 is 11.9 Å². The zero-order valence-corrected chi connectivity index (χ0v) is 18.7. The lowest BCUT2D eigenvalue weighted by Gasteiger charge is -2.18. The summed E-state index contributed by atoms with van der Waals surface area (Å²) in [6.45, 7) is 8.94. The minimum absolute atomic E-state index is 0.206. The Morgan fingerprint density at radius 3 is 2.40 bits per heavy atom. The van der Waals surface area contributed by atoms with E-state index >= 15 is 0 Å². The quantitative estimate of drug-likeness (QED) is 0.576. The first-order valence-electron chi connectivity index (χ1n) is 10.5. The molecule has 162 valence electrons. The van der Waals surface area contributed by atoms with E-state index in [0.29, 0.717) is 18.1 Å². The van der Waals surface area contributed by atoms with Crippen molar-refractivity contribution in [2.45, 2.75) is 53.0 Å². The Kier molecular flexibility index (Phi) is 8.90. The van der Waals surface area contributed by atoms with Crippen molar-refractivity contribution < 1.29 is 19.1 Å². The molecule has 1 amide bonds. The van der Waals surface area contributed by atoms with Gasteiger partial charge in [-0.1, -0.05) is 56.2 Å². The van der Waals surface area contributed by atoms with Gasteiger partial charge < -0.3 is 14.8 Å². The molecule has 0 fully saturated rings. The summed E-state index contributed by atoms with van der Waals surface area (Å²) < 4.78 is 10.7. The summed E-state index contributed by atoms with van der Waals surface area (Å²) in [5.74, 6) is 0.497. The molecular formula is C25H33NO4. The van der Waals surface area contributed by atoms with Gasteiger partial charge in [-0.15, -0.1) is 0 Å². The van der Waals surface area contributed by atoms with Crippen molar-refractivity contribution in [3.8, 4) is 5.75 Å². The summed E-state index contributed by atoms with van der Waals surface area (Å²) in [5, 5.41) is 2.81. The largest absolute Gasteiger partial charge is 0.493 e. The molecule has 0 saturated heterocycles. The zero-order chi connectivity index (χ0) is 22.1. The van der Waals surface area contributed by atoms with Gasteiger partial charge in [0.1, 0.15) is 5.75 Å². The number of hydrogen-bond donors (Lipinski definition) is 1. The van der Waals surface area contributed by atoms with Crippen LogP contribution in [-0.4, -0.2) is 25.6 Å². The van der Waals surface area contributed by atoms with Gasteiger partial charge in [-0.2, -0.15) is 0 Å². The summed E-state index contributed by atoms with van der Waals surface area (Å²) in [7, 11) is 1.32. The topological polar surface area (TPSA) is 64.6 Å². The van der Waals surface area contributed by atoms with Gasteiger partial charge in [0.2, 0.25) is 5.91 Å². The van der Waals surface area contributed by atoms with Gasteiger partial charge in [-0.3, -0.25) is 4.79 Å². The van der Waals surface area contributed by atoms with Crippen molar-refractivity contribution in [2.75, 3.05) is 13.7 Å². The third kappa shape index (κ3) is 6.90. The Balaban J connectivity index is 2.07. The summed E-state index contributed by atoms with van der Waals surface area (Å²) in [6, 6.07) is 12.4. The molecule has 2 aromatic carbocycles. The summed E-state index contributed by atoms with van der Waals surface area (Å²) in [4.78, 5) is 25.0. The van der Waals surface area contributed by atoms with E-state index in [9.17, 15) is 9.59 Å². The highest BCUT2D eigenvalue weighted by molar-refractivity contribution is 5.86. The number of nitrogens with one attached hydrogen (secondary N) is 1. The fourth-order valence-corrected chi connectivity index (χ4v) is 3.34. The molecule has 0 aliphatic rings. The fourth-order valence-electron chi connectivity index (χ4n) is 3.34. The number of benzene rings is 2. The molecule has 30 heavy (non-hydrogen) atoms. The first kappa shape index (κ1) is 23.5. The van der Waals surface area contributed by atoms with E-state index in [1.807, 2.05) is 44.2 Å². The smallest absolute Gasteiger partial charge is 0.333 e. The summed E-state index contributed by atoms with van der Waals surface area (Å²) >= 11 is 0. The van der Waals surface area contributed by atoms with Crippen LogP contribution in [0.2, 0.25) is 0 Å². The monoisotopic (exact) mass is 411 g/mol. The standard InChI is InChI=1S/C25H33NO4/c1-6-7-18(3)16-30-22-12-10-20(11-13-22)24(25(28)29-5)26-23(27)15-21-14-17(2)8-9-19(21)4/h8-14,18,24H,6-7,15-16H2,1-5H3,(H,26,27)/t18?,24-/m1/s1. The third-order valence-corrected chi connectivity index (χ3v) is 5.13. The van der Waals surface area contributed by atoms with Crippen molar-refractivity contribution in [1.29, 1.82) is 0 Å². The number of aryl methyl sites for hydroxylation is 2. The number of methoxy groups -OCH3 is 1. The molecular weight excluding hydrogens is 378 g/mol. The minimum Gasteiger partial charge on any atom is -0.493 e. The molecule has 2 rings (SSSR count). The SMILES string of the molecule is CCCC(C)COc1ccc([C@@H](NC(=O)Cc2cc(C)ccc2C)C(=O)OC)cc1. The lowest BCUT2D eigenvalue weighted by molar-refractivity contribution is -0.145. The second-order valence-corrected chi connectivity index (χ2v) is 7.90. The van der Waals surface area contributed by atoms with Crippen LogP contribution in [-0.2, 0) is 20.7 Å². The molecule has 1 unspecified atom stereocenters. The molecule has 0 radical (unpaired) electrons. The van der Waals surface area contributed by atoms with Gasteiger partial charge in [-0.05, 0) is 55.0 Å². The van der Waals surface area contributed by atoms with Crippen LogP contribution in [0.1, 0.15) is 55.0 Å². The second-order valence-electron chi connectivity index (χ2n) is 7.90. The van der Waals surface area contributed by atoms with Gasteiger partial charge in [0.15, 0.2) is 6.04 Å². The average molecular weight is 412 g/mol. The van der Waals surface area contributed by atoms with Crippen LogP contribution in [0, 0.1) is 19.8 Å². The maximum atomic E-state index is 12.6. The maximum absolute atomic E-state index is 12.6. The van der Waals surface area contributed by atoms with Crippen LogP contribution in [0.5, 0.6) is 5.75 Å². The molecule has 5 heteroatoms. The number of rotatable bonds is 10. The van der Waals surface area contributed by atoms with E-state index in [4.69, 9.17) is 9.47 Å². The van der Waals surface area contributed by atoms with Gasteiger partial charge in [0.25, 0.3) is 0 Å². The maximum Gasteiger partial charge on any atom is 0.333 e. The van der Waals surface area contributed by atoms with Crippen molar-refractivity contribution in [1.82, 2.24) is 5.32 Å². The molecule has 0 aliphatic carbocycles. The van der Waals surface area contributed by atoms with Crippen LogP contribution in [0.25, 0.3) is 0 Å². The van der Waals surface area contributed by atoms with Crippen molar-refractivity contribution in [2.24, 2.45) is 5.92 Å². The number of carbonyl (C=O) groups is 2. The number of esters is 1.